The van der Waals surface area contributed by atoms with Crippen LogP contribution in [-0.4, -0.2) is 11.9 Å². The third-order valence-electron chi connectivity index (χ3n) is 4.09. The van der Waals surface area contributed by atoms with Crippen LogP contribution in [0.15, 0.2) is 24.3 Å². The SMILES string of the molecule is CCCCCCCC(=O)Oc1ccccc1OC(=O)CCCC(C)(C)C. The van der Waals surface area contributed by atoms with Gasteiger partial charge in [-0.3, -0.25) is 9.59 Å². The van der Waals surface area contributed by atoms with Crippen LogP contribution in [0.3, 0.4) is 0 Å². The van der Waals surface area contributed by atoms with Crippen LogP contribution < -0.4 is 9.47 Å². The van der Waals surface area contributed by atoms with Crippen molar-refractivity contribution in [1.82, 2.24) is 0 Å². The van der Waals surface area contributed by atoms with Crippen molar-refractivity contribution in [2.24, 2.45) is 5.41 Å². The molecule has 0 N–H and O–H groups in total. The molecular formula is C22H34O4. The van der Waals surface area contributed by atoms with Crippen molar-refractivity contribution in [3.05, 3.63) is 24.3 Å². The van der Waals surface area contributed by atoms with Crippen molar-refractivity contribution in [3.8, 4) is 11.5 Å². The van der Waals surface area contributed by atoms with Gasteiger partial charge in [-0.15, -0.1) is 0 Å². The summed E-state index contributed by atoms with van der Waals surface area (Å²) in [6, 6.07) is 6.85. The van der Waals surface area contributed by atoms with Crippen LogP contribution in [0.2, 0.25) is 0 Å². The molecule has 0 saturated heterocycles. The van der Waals surface area contributed by atoms with Gasteiger partial charge >= 0.3 is 11.9 Å². The smallest absolute Gasteiger partial charge is 0.311 e. The molecule has 0 spiro atoms. The highest BCUT2D eigenvalue weighted by atomic mass is 16.6. The molecule has 0 heterocycles. The Balaban J connectivity index is 2.46. The van der Waals surface area contributed by atoms with E-state index in [2.05, 4.69) is 27.7 Å². The zero-order valence-corrected chi connectivity index (χ0v) is 16.8. The van der Waals surface area contributed by atoms with Crippen molar-refractivity contribution >= 4 is 11.9 Å². The Kier molecular flexibility index (Phi) is 10.0. The van der Waals surface area contributed by atoms with Crippen LogP contribution in [-0.2, 0) is 9.59 Å². The Morgan fingerprint density at radius 2 is 1.31 bits per heavy atom. The molecule has 0 fully saturated rings. The van der Waals surface area contributed by atoms with Crippen molar-refractivity contribution in [2.45, 2.75) is 85.5 Å². The monoisotopic (exact) mass is 362 g/mol. The van der Waals surface area contributed by atoms with Crippen molar-refractivity contribution in [3.63, 3.8) is 0 Å². The van der Waals surface area contributed by atoms with Gasteiger partial charge in [0.25, 0.3) is 0 Å². The lowest BCUT2D eigenvalue weighted by Crippen LogP contribution is -2.13. The second-order valence-electron chi connectivity index (χ2n) is 7.97. The molecule has 0 unspecified atom stereocenters. The quantitative estimate of drug-likeness (QED) is 0.272. The first-order valence-electron chi connectivity index (χ1n) is 9.82. The zero-order valence-electron chi connectivity index (χ0n) is 16.8. The third kappa shape index (κ3) is 10.2. The normalized spacial score (nSPS) is 11.2. The second-order valence-corrected chi connectivity index (χ2v) is 7.97. The summed E-state index contributed by atoms with van der Waals surface area (Å²) in [5, 5.41) is 0. The summed E-state index contributed by atoms with van der Waals surface area (Å²) in [7, 11) is 0. The largest absolute Gasteiger partial charge is 0.423 e. The van der Waals surface area contributed by atoms with Gasteiger partial charge in [0.05, 0.1) is 0 Å². The van der Waals surface area contributed by atoms with Crippen molar-refractivity contribution < 1.29 is 19.1 Å². The maximum Gasteiger partial charge on any atom is 0.311 e. The fourth-order valence-electron chi connectivity index (χ4n) is 2.60. The van der Waals surface area contributed by atoms with Crippen molar-refractivity contribution in [2.75, 3.05) is 0 Å². The topological polar surface area (TPSA) is 52.6 Å². The minimum Gasteiger partial charge on any atom is -0.423 e. The van der Waals surface area contributed by atoms with Crippen LogP contribution in [0.25, 0.3) is 0 Å². The lowest BCUT2D eigenvalue weighted by molar-refractivity contribution is -0.137. The van der Waals surface area contributed by atoms with Crippen LogP contribution >= 0.6 is 0 Å². The van der Waals surface area contributed by atoms with E-state index in [0.29, 0.717) is 24.3 Å². The van der Waals surface area contributed by atoms with E-state index in [1.165, 1.54) is 12.8 Å². The molecular weight excluding hydrogens is 328 g/mol. The summed E-state index contributed by atoms with van der Waals surface area (Å²) in [4.78, 5) is 24.0. The Morgan fingerprint density at radius 1 is 0.808 bits per heavy atom. The van der Waals surface area contributed by atoms with Crippen LogP contribution in [0.5, 0.6) is 11.5 Å². The van der Waals surface area contributed by atoms with E-state index in [-0.39, 0.29) is 17.4 Å². The lowest BCUT2D eigenvalue weighted by Gasteiger charge is -2.17. The Bertz CT molecular complexity index is 558. The molecule has 146 valence electrons. The molecule has 0 aromatic heterocycles. The van der Waals surface area contributed by atoms with Gasteiger partial charge in [-0.1, -0.05) is 65.5 Å². The molecule has 4 heteroatoms. The molecule has 1 aromatic carbocycles. The minimum absolute atomic E-state index is 0.199. The number of hydrogen-bond donors (Lipinski definition) is 0. The van der Waals surface area contributed by atoms with E-state index in [9.17, 15) is 9.59 Å². The molecule has 0 radical (unpaired) electrons. The predicted molar refractivity (Wildman–Crippen MR) is 104 cm³/mol. The summed E-state index contributed by atoms with van der Waals surface area (Å²) in [6.45, 7) is 8.61. The molecule has 0 atom stereocenters. The number of para-hydroxylation sites is 2. The number of unbranched alkanes of at least 4 members (excludes halogenated alkanes) is 4. The number of rotatable bonds is 11. The first kappa shape index (κ1) is 22.2. The summed E-state index contributed by atoms with van der Waals surface area (Å²) >= 11 is 0. The average Bonchev–Trinajstić information content (AvgIpc) is 2.55. The zero-order chi connectivity index (χ0) is 19.4. The van der Waals surface area contributed by atoms with Gasteiger partial charge in [0, 0.05) is 12.8 Å². The second kappa shape index (κ2) is 11.7. The first-order valence-corrected chi connectivity index (χ1v) is 9.82. The van der Waals surface area contributed by atoms with Crippen molar-refractivity contribution in [1.29, 1.82) is 0 Å². The Hall–Kier alpha value is -1.84. The number of esters is 2. The van der Waals surface area contributed by atoms with Gasteiger partial charge in [0.2, 0.25) is 0 Å². The van der Waals surface area contributed by atoms with E-state index in [0.717, 1.165) is 32.1 Å². The third-order valence-corrected chi connectivity index (χ3v) is 4.09. The van der Waals surface area contributed by atoms with E-state index in [1.54, 1.807) is 24.3 Å². The fraction of sp³-hybridized carbons (Fsp3) is 0.636. The minimum atomic E-state index is -0.294. The molecule has 1 aromatic rings. The number of hydrogen-bond acceptors (Lipinski definition) is 4. The van der Waals surface area contributed by atoms with Gasteiger partial charge < -0.3 is 9.47 Å². The highest BCUT2D eigenvalue weighted by molar-refractivity contribution is 5.76. The fourth-order valence-corrected chi connectivity index (χ4v) is 2.60. The van der Waals surface area contributed by atoms with E-state index in [4.69, 9.17) is 9.47 Å². The standard InChI is InChI=1S/C22H34O4/c1-5-6-7-8-9-15-20(23)25-18-13-10-11-14-19(18)26-21(24)16-12-17-22(2,3)4/h10-11,13-14H,5-9,12,15-17H2,1-4H3. The highest BCUT2D eigenvalue weighted by Gasteiger charge is 2.15. The maximum absolute atomic E-state index is 12.0. The van der Waals surface area contributed by atoms with Gasteiger partial charge in [-0.05, 0) is 36.8 Å². The summed E-state index contributed by atoms with van der Waals surface area (Å²) in [5.41, 5.74) is 0.199. The molecule has 4 nitrogen and oxygen atoms in total. The lowest BCUT2D eigenvalue weighted by atomic mass is 9.90. The van der Waals surface area contributed by atoms with Gasteiger partial charge in [0.1, 0.15) is 0 Å². The predicted octanol–water partition coefficient (Wildman–Crippen LogP) is 6.07. The molecule has 1 rings (SSSR count). The first-order chi connectivity index (χ1) is 12.3. The summed E-state index contributed by atoms with van der Waals surface area (Å²) < 4.78 is 10.8. The molecule has 0 aliphatic heterocycles. The number of benzene rings is 1. The van der Waals surface area contributed by atoms with Gasteiger partial charge in [-0.2, -0.15) is 0 Å². The molecule has 0 saturated carbocycles. The van der Waals surface area contributed by atoms with Crippen LogP contribution in [0.4, 0.5) is 0 Å². The highest BCUT2D eigenvalue weighted by Crippen LogP contribution is 2.28. The molecule has 0 aliphatic rings. The van der Waals surface area contributed by atoms with E-state index in [1.807, 2.05) is 0 Å². The molecule has 0 bridgehead atoms. The Morgan fingerprint density at radius 3 is 1.81 bits per heavy atom. The molecule has 0 aliphatic carbocycles. The summed E-state index contributed by atoms with van der Waals surface area (Å²) in [5.74, 6) is 0.0536. The van der Waals surface area contributed by atoms with Gasteiger partial charge in [0.15, 0.2) is 11.5 Å². The number of ether oxygens (including phenoxy) is 2. The average molecular weight is 363 g/mol. The van der Waals surface area contributed by atoms with E-state index < -0.39 is 0 Å². The van der Waals surface area contributed by atoms with E-state index >= 15 is 0 Å². The maximum atomic E-state index is 12.0. The van der Waals surface area contributed by atoms with Crippen LogP contribution in [0.1, 0.15) is 85.5 Å². The molecule has 0 amide bonds. The Labute approximate surface area is 158 Å². The molecule has 26 heavy (non-hydrogen) atoms. The summed E-state index contributed by atoms with van der Waals surface area (Å²) in [6.07, 6.45) is 7.86. The van der Waals surface area contributed by atoms with Crippen LogP contribution in [0, 0.1) is 5.41 Å². The number of carbonyl (C=O) groups is 2. The van der Waals surface area contributed by atoms with Gasteiger partial charge in [-0.25, -0.2) is 0 Å². The number of carbonyl (C=O) groups excluding carboxylic acids is 2.